The van der Waals surface area contributed by atoms with Gasteiger partial charge in [-0.3, -0.25) is 14.5 Å². The van der Waals surface area contributed by atoms with Crippen molar-refractivity contribution in [3.63, 3.8) is 0 Å². The number of halogens is 1. The van der Waals surface area contributed by atoms with E-state index in [2.05, 4.69) is 10.1 Å². The molecule has 0 unspecified atom stereocenters. The van der Waals surface area contributed by atoms with Crippen LogP contribution in [0.15, 0.2) is 30.5 Å². The summed E-state index contributed by atoms with van der Waals surface area (Å²) in [6, 6.07) is 7.97. The van der Waals surface area contributed by atoms with Crippen LogP contribution in [0.1, 0.15) is 17.7 Å². The van der Waals surface area contributed by atoms with E-state index in [-0.39, 0.29) is 12.5 Å². The summed E-state index contributed by atoms with van der Waals surface area (Å²) in [5.41, 5.74) is 5.63. The van der Waals surface area contributed by atoms with Crippen LogP contribution in [-0.4, -0.2) is 38.7 Å². The van der Waals surface area contributed by atoms with Crippen LogP contribution in [-0.2, 0) is 11.3 Å². The van der Waals surface area contributed by atoms with Gasteiger partial charge in [0.25, 0.3) is 0 Å². The first-order valence-electron chi connectivity index (χ1n) is 8.40. The fraction of sp³-hybridized carbons (Fsp3) is 0.316. The second-order valence-electron chi connectivity index (χ2n) is 6.53. The van der Waals surface area contributed by atoms with Gasteiger partial charge < -0.3 is 4.90 Å². The zero-order valence-corrected chi connectivity index (χ0v) is 15.0. The third-order valence-electron chi connectivity index (χ3n) is 4.74. The minimum absolute atomic E-state index is 0.114. The van der Waals surface area contributed by atoms with Crippen molar-refractivity contribution >= 4 is 28.5 Å². The molecule has 1 aliphatic rings. The van der Waals surface area contributed by atoms with Gasteiger partial charge in [-0.15, -0.1) is 0 Å². The lowest BCUT2D eigenvalue weighted by Crippen LogP contribution is -2.43. The summed E-state index contributed by atoms with van der Waals surface area (Å²) in [4.78, 5) is 18.8. The van der Waals surface area contributed by atoms with Crippen LogP contribution in [0, 0.1) is 13.8 Å². The molecule has 1 fully saturated rings. The van der Waals surface area contributed by atoms with Gasteiger partial charge in [0, 0.05) is 29.9 Å². The second-order valence-corrected chi connectivity index (χ2v) is 6.94. The molecule has 3 aromatic rings. The summed E-state index contributed by atoms with van der Waals surface area (Å²) < 4.78 is 1.77. The molecule has 2 aromatic heterocycles. The Bertz CT molecular complexity index is 975. The van der Waals surface area contributed by atoms with Crippen LogP contribution in [0.3, 0.4) is 0 Å². The van der Waals surface area contributed by atoms with Gasteiger partial charge in [0.15, 0.2) is 0 Å². The molecule has 5 nitrogen and oxygen atoms in total. The standard InChI is InChI=1S/C19H19ClN4O/c1-12-8-14(4-5-16(12)20)15-9-17-19(21-10-15)13(2)22-24(17)11-18(25)23-6-3-7-23/h4-5,8-10H,3,6-7,11H2,1-2H3. The van der Waals surface area contributed by atoms with Crippen molar-refractivity contribution in [1.29, 1.82) is 0 Å². The minimum atomic E-state index is 0.114. The van der Waals surface area contributed by atoms with Crippen LogP contribution >= 0.6 is 11.6 Å². The minimum Gasteiger partial charge on any atom is -0.341 e. The molecule has 4 rings (SSSR count). The highest BCUT2D eigenvalue weighted by Crippen LogP contribution is 2.27. The Balaban J connectivity index is 1.74. The molecule has 3 heterocycles. The zero-order valence-electron chi connectivity index (χ0n) is 14.3. The summed E-state index contributed by atoms with van der Waals surface area (Å²) in [7, 11) is 0. The number of benzene rings is 1. The van der Waals surface area contributed by atoms with Gasteiger partial charge in [0.2, 0.25) is 5.91 Å². The van der Waals surface area contributed by atoms with Crippen molar-refractivity contribution in [3.05, 3.63) is 46.7 Å². The molecule has 1 aromatic carbocycles. The molecule has 1 saturated heterocycles. The number of likely N-dealkylation sites (tertiary alicyclic amines) is 1. The Morgan fingerprint density at radius 3 is 2.68 bits per heavy atom. The maximum atomic E-state index is 12.3. The normalized spacial score (nSPS) is 14.0. The molecule has 1 amide bonds. The summed E-state index contributed by atoms with van der Waals surface area (Å²) >= 11 is 6.13. The van der Waals surface area contributed by atoms with E-state index >= 15 is 0 Å². The van der Waals surface area contributed by atoms with Crippen LogP contribution in [0.4, 0.5) is 0 Å². The number of pyridine rings is 1. The average Bonchev–Trinajstić information content (AvgIpc) is 2.84. The SMILES string of the molecule is Cc1cc(-c2cnc3c(C)nn(CC(=O)N4CCC4)c3c2)ccc1Cl. The maximum Gasteiger partial charge on any atom is 0.244 e. The third kappa shape index (κ3) is 2.89. The van der Waals surface area contributed by atoms with E-state index < -0.39 is 0 Å². The zero-order chi connectivity index (χ0) is 17.6. The summed E-state index contributed by atoms with van der Waals surface area (Å²) in [6.45, 7) is 5.87. The number of carbonyl (C=O) groups is 1. The van der Waals surface area contributed by atoms with Gasteiger partial charge in [-0.2, -0.15) is 5.10 Å². The number of hydrogen-bond donors (Lipinski definition) is 0. The van der Waals surface area contributed by atoms with Crippen LogP contribution in [0.2, 0.25) is 5.02 Å². The highest BCUT2D eigenvalue weighted by atomic mass is 35.5. The molecule has 128 valence electrons. The summed E-state index contributed by atoms with van der Waals surface area (Å²) in [6.07, 6.45) is 2.94. The first-order chi connectivity index (χ1) is 12.0. The average molecular weight is 355 g/mol. The van der Waals surface area contributed by atoms with E-state index in [0.717, 1.165) is 58.0 Å². The number of hydrogen-bond acceptors (Lipinski definition) is 3. The lowest BCUT2D eigenvalue weighted by molar-refractivity contribution is -0.135. The smallest absolute Gasteiger partial charge is 0.244 e. The predicted octanol–water partition coefficient (Wildman–Crippen LogP) is 3.60. The van der Waals surface area contributed by atoms with E-state index in [9.17, 15) is 4.79 Å². The molecule has 0 radical (unpaired) electrons. The largest absolute Gasteiger partial charge is 0.341 e. The quantitative estimate of drug-likeness (QED) is 0.722. The van der Waals surface area contributed by atoms with E-state index in [0.29, 0.717) is 0 Å². The first kappa shape index (κ1) is 16.1. The lowest BCUT2D eigenvalue weighted by atomic mass is 10.0. The number of aryl methyl sites for hydroxylation is 2. The third-order valence-corrected chi connectivity index (χ3v) is 5.17. The summed E-state index contributed by atoms with van der Waals surface area (Å²) in [5, 5.41) is 5.27. The molecule has 1 aliphatic heterocycles. The Morgan fingerprint density at radius 1 is 1.20 bits per heavy atom. The van der Waals surface area contributed by atoms with Gasteiger partial charge in [-0.1, -0.05) is 17.7 Å². The fourth-order valence-electron chi connectivity index (χ4n) is 3.11. The Kier molecular flexibility index (Phi) is 3.96. The highest BCUT2D eigenvalue weighted by Gasteiger charge is 2.22. The van der Waals surface area contributed by atoms with Crippen LogP contribution in [0.5, 0.6) is 0 Å². The molecule has 0 spiro atoms. The number of carbonyl (C=O) groups excluding carboxylic acids is 1. The van der Waals surface area contributed by atoms with Gasteiger partial charge in [0.1, 0.15) is 12.1 Å². The molecule has 0 aliphatic carbocycles. The predicted molar refractivity (Wildman–Crippen MR) is 98.6 cm³/mol. The van der Waals surface area contributed by atoms with Crippen molar-refractivity contribution in [2.45, 2.75) is 26.8 Å². The number of aromatic nitrogens is 3. The maximum absolute atomic E-state index is 12.3. The molecule has 25 heavy (non-hydrogen) atoms. The van der Waals surface area contributed by atoms with E-state index in [1.807, 2.05) is 49.2 Å². The molecule has 0 N–H and O–H groups in total. The van der Waals surface area contributed by atoms with Crippen molar-refractivity contribution in [1.82, 2.24) is 19.7 Å². The van der Waals surface area contributed by atoms with Crippen LogP contribution < -0.4 is 0 Å². The highest BCUT2D eigenvalue weighted by molar-refractivity contribution is 6.31. The Hall–Kier alpha value is -2.40. The fourth-order valence-corrected chi connectivity index (χ4v) is 3.22. The molecule has 0 bridgehead atoms. The molecular formula is C19H19ClN4O. The topological polar surface area (TPSA) is 51.0 Å². The van der Waals surface area contributed by atoms with Gasteiger partial charge >= 0.3 is 0 Å². The van der Waals surface area contributed by atoms with Crippen molar-refractivity contribution in [2.24, 2.45) is 0 Å². The van der Waals surface area contributed by atoms with Crippen molar-refractivity contribution in [2.75, 3.05) is 13.1 Å². The van der Waals surface area contributed by atoms with Crippen LogP contribution in [0.25, 0.3) is 22.2 Å². The van der Waals surface area contributed by atoms with Crippen molar-refractivity contribution in [3.8, 4) is 11.1 Å². The lowest BCUT2D eigenvalue weighted by Gasteiger charge is -2.30. The monoisotopic (exact) mass is 354 g/mol. The van der Waals surface area contributed by atoms with Gasteiger partial charge in [-0.25, -0.2) is 0 Å². The first-order valence-corrected chi connectivity index (χ1v) is 8.78. The van der Waals surface area contributed by atoms with Gasteiger partial charge in [0.05, 0.1) is 11.2 Å². The Morgan fingerprint density at radius 2 is 2.00 bits per heavy atom. The molecule has 0 atom stereocenters. The second kappa shape index (κ2) is 6.15. The van der Waals surface area contributed by atoms with E-state index in [1.165, 1.54) is 0 Å². The van der Waals surface area contributed by atoms with E-state index in [4.69, 9.17) is 11.6 Å². The van der Waals surface area contributed by atoms with Gasteiger partial charge in [-0.05, 0) is 49.6 Å². The summed E-state index contributed by atoms with van der Waals surface area (Å²) in [5.74, 6) is 0.114. The molecular weight excluding hydrogens is 336 g/mol. The molecule has 6 heteroatoms. The number of rotatable bonds is 3. The van der Waals surface area contributed by atoms with Crippen molar-refractivity contribution < 1.29 is 4.79 Å². The number of fused-ring (bicyclic) bond motifs is 1. The number of amides is 1. The number of nitrogens with zero attached hydrogens (tertiary/aromatic N) is 4. The molecule has 0 saturated carbocycles. The Labute approximate surface area is 151 Å². The van der Waals surface area contributed by atoms with E-state index in [1.54, 1.807) is 4.68 Å².